The summed E-state index contributed by atoms with van der Waals surface area (Å²) in [6, 6.07) is 5.22. The van der Waals surface area contributed by atoms with Crippen LogP contribution >= 0.6 is 11.3 Å². The molecule has 1 heterocycles. The van der Waals surface area contributed by atoms with Gasteiger partial charge < -0.3 is 5.32 Å². The lowest BCUT2D eigenvalue weighted by atomic mass is 9.89. The molecule has 0 radical (unpaired) electrons. The summed E-state index contributed by atoms with van der Waals surface area (Å²) in [7, 11) is 0. The lowest BCUT2D eigenvalue weighted by molar-refractivity contribution is -0.114. The Balaban J connectivity index is 2.17. The largest absolute Gasteiger partial charge is 0.318 e. The van der Waals surface area contributed by atoms with E-state index in [0.717, 1.165) is 39.4 Å². The van der Waals surface area contributed by atoms with Gasteiger partial charge in [-0.2, -0.15) is 0 Å². The summed E-state index contributed by atoms with van der Waals surface area (Å²) >= 11 is 1.54. The Bertz CT molecular complexity index is 675. The van der Waals surface area contributed by atoms with E-state index in [-0.39, 0.29) is 11.7 Å². The second-order valence-electron chi connectivity index (χ2n) is 4.81. The predicted molar refractivity (Wildman–Crippen MR) is 76.2 cm³/mol. The van der Waals surface area contributed by atoms with E-state index in [1.807, 2.05) is 13.0 Å². The summed E-state index contributed by atoms with van der Waals surface area (Å²) in [5.74, 6) is -0.198. The van der Waals surface area contributed by atoms with E-state index in [1.54, 1.807) is 17.4 Å². The molecule has 4 heteroatoms. The highest BCUT2D eigenvalue weighted by atomic mass is 32.1. The van der Waals surface area contributed by atoms with Crippen LogP contribution < -0.4 is 5.32 Å². The van der Waals surface area contributed by atoms with Crippen molar-refractivity contribution in [3.05, 3.63) is 40.7 Å². The average Bonchev–Trinajstić information content (AvgIpc) is 2.67. The first-order chi connectivity index (χ1) is 9.08. The molecule has 19 heavy (non-hydrogen) atoms. The van der Waals surface area contributed by atoms with Gasteiger partial charge in [0.25, 0.3) is 0 Å². The number of rotatable bonds is 1. The first-order valence-corrected chi connectivity index (χ1v) is 7.07. The zero-order valence-electron chi connectivity index (χ0n) is 10.8. The van der Waals surface area contributed by atoms with Crippen LogP contribution in [0.2, 0.25) is 0 Å². The smallest absolute Gasteiger partial charge is 0.221 e. The molecular weight excluding hydrogens is 261 g/mol. The van der Waals surface area contributed by atoms with Gasteiger partial charge in [-0.25, -0.2) is 4.39 Å². The number of amides is 1. The van der Waals surface area contributed by atoms with Gasteiger partial charge >= 0.3 is 0 Å². The van der Waals surface area contributed by atoms with E-state index in [2.05, 4.69) is 5.32 Å². The SMILES string of the molecule is CC(=O)Nc1sc2c(c1C)CCc1c(F)cccc1-2. The molecule has 0 saturated carbocycles. The Hall–Kier alpha value is -1.68. The molecule has 98 valence electrons. The molecule has 1 aromatic carbocycles. The van der Waals surface area contributed by atoms with E-state index in [0.29, 0.717) is 0 Å². The number of carbonyl (C=O) groups is 1. The van der Waals surface area contributed by atoms with Gasteiger partial charge in [-0.05, 0) is 48.1 Å². The zero-order valence-corrected chi connectivity index (χ0v) is 11.7. The molecular formula is C15H14FNOS. The molecule has 0 unspecified atom stereocenters. The van der Waals surface area contributed by atoms with Crippen molar-refractivity contribution in [2.75, 3.05) is 5.32 Å². The van der Waals surface area contributed by atoms with Crippen molar-refractivity contribution in [3.8, 4) is 10.4 Å². The van der Waals surface area contributed by atoms with Crippen molar-refractivity contribution in [2.24, 2.45) is 0 Å². The molecule has 3 rings (SSSR count). The maximum Gasteiger partial charge on any atom is 0.221 e. The Morgan fingerprint density at radius 3 is 2.79 bits per heavy atom. The van der Waals surface area contributed by atoms with Crippen LogP contribution in [-0.4, -0.2) is 5.91 Å². The van der Waals surface area contributed by atoms with E-state index in [9.17, 15) is 9.18 Å². The van der Waals surface area contributed by atoms with Crippen molar-refractivity contribution >= 4 is 22.2 Å². The monoisotopic (exact) mass is 275 g/mol. The van der Waals surface area contributed by atoms with Crippen LogP contribution in [0.3, 0.4) is 0 Å². The van der Waals surface area contributed by atoms with Crippen LogP contribution in [0.4, 0.5) is 9.39 Å². The van der Waals surface area contributed by atoms with Gasteiger partial charge in [0.1, 0.15) is 5.82 Å². The second kappa shape index (κ2) is 4.46. The van der Waals surface area contributed by atoms with Crippen molar-refractivity contribution in [1.29, 1.82) is 0 Å². The molecule has 0 atom stereocenters. The Kier molecular flexibility index (Phi) is 2.90. The number of thiophene rings is 1. The number of halogens is 1. The minimum atomic E-state index is -0.129. The van der Waals surface area contributed by atoms with Crippen molar-refractivity contribution in [1.82, 2.24) is 0 Å². The van der Waals surface area contributed by atoms with E-state index in [1.165, 1.54) is 18.6 Å². The molecule has 0 aliphatic heterocycles. The van der Waals surface area contributed by atoms with Gasteiger partial charge in [-0.3, -0.25) is 4.79 Å². The number of hydrogen-bond acceptors (Lipinski definition) is 2. The molecule has 2 aromatic rings. The van der Waals surface area contributed by atoms with Gasteiger partial charge in [-0.15, -0.1) is 11.3 Å². The van der Waals surface area contributed by atoms with Gasteiger partial charge in [0.15, 0.2) is 0 Å². The summed E-state index contributed by atoms with van der Waals surface area (Å²) in [6.07, 6.45) is 1.57. The van der Waals surface area contributed by atoms with Crippen LogP contribution in [0.5, 0.6) is 0 Å². The number of anilines is 1. The summed E-state index contributed by atoms with van der Waals surface area (Å²) in [4.78, 5) is 12.3. The number of hydrogen-bond donors (Lipinski definition) is 1. The highest BCUT2D eigenvalue weighted by molar-refractivity contribution is 7.20. The van der Waals surface area contributed by atoms with Gasteiger partial charge in [0.05, 0.1) is 5.00 Å². The van der Waals surface area contributed by atoms with Crippen LogP contribution in [0, 0.1) is 12.7 Å². The lowest BCUT2D eigenvalue weighted by Gasteiger charge is -2.17. The van der Waals surface area contributed by atoms with Crippen molar-refractivity contribution in [3.63, 3.8) is 0 Å². The van der Waals surface area contributed by atoms with E-state index >= 15 is 0 Å². The zero-order chi connectivity index (χ0) is 13.6. The third kappa shape index (κ3) is 1.96. The molecule has 0 spiro atoms. The molecule has 1 aliphatic carbocycles. The molecule has 2 nitrogen and oxygen atoms in total. The fraction of sp³-hybridized carbons (Fsp3) is 0.267. The van der Waals surface area contributed by atoms with Gasteiger partial charge in [0.2, 0.25) is 5.91 Å². The summed E-state index contributed by atoms with van der Waals surface area (Å²) < 4.78 is 13.8. The maximum absolute atomic E-state index is 13.8. The van der Waals surface area contributed by atoms with E-state index in [4.69, 9.17) is 0 Å². The maximum atomic E-state index is 13.8. The summed E-state index contributed by atoms with van der Waals surface area (Å²) in [6.45, 7) is 3.52. The normalized spacial score (nSPS) is 12.8. The highest BCUT2D eigenvalue weighted by Gasteiger charge is 2.24. The molecule has 1 N–H and O–H groups in total. The lowest BCUT2D eigenvalue weighted by Crippen LogP contribution is -2.06. The number of nitrogens with one attached hydrogen (secondary N) is 1. The average molecular weight is 275 g/mol. The Morgan fingerprint density at radius 2 is 2.05 bits per heavy atom. The topological polar surface area (TPSA) is 29.1 Å². The molecule has 0 bridgehead atoms. The highest BCUT2D eigenvalue weighted by Crippen LogP contribution is 2.45. The van der Waals surface area contributed by atoms with Crippen LogP contribution in [0.15, 0.2) is 18.2 Å². The number of fused-ring (bicyclic) bond motifs is 3. The molecule has 1 amide bonds. The second-order valence-corrected chi connectivity index (χ2v) is 5.83. The third-order valence-corrected chi connectivity index (χ3v) is 4.83. The fourth-order valence-electron chi connectivity index (χ4n) is 2.62. The van der Waals surface area contributed by atoms with Gasteiger partial charge in [0, 0.05) is 11.8 Å². The van der Waals surface area contributed by atoms with Crippen molar-refractivity contribution < 1.29 is 9.18 Å². The number of benzene rings is 1. The molecule has 0 saturated heterocycles. The first-order valence-electron chi connectivity index (χ1n) is 6.25. The van der Waals surface area contributed by atoms with Crippen LogP contribution in [-0.2, 0) is 17.6 Å². The molecule has 0 fully saturated rings. The summed E-state index contributed by atoms with van der Waals surface area (Å²) in [5, 5.41) is 3.75. The standard InChI is InChI=1S/C15H14FNOS/c1-8-10-6-7-11-12(4-3-5-13(11)16)14(10)19-15(8)17-9(2)18/h3-5H,6-7H2,1-2H3,(H,17,18). The third-order valence-electron chi connectivity index (χ3n) is 3.55. The Morgan fingerprint density at radius 1 is 1.32 bits per heavy atom. The minimum absolute atomic E-state index is 0.0684. The quantitative estimate of drug-likeness (QED) is 0.839. The van der Waals surface area contributed by atoms with Crippen molar-refractivity contribution in [2.45, 2.75) is 26.7 Å². The summed E-state index contributed by atoms with van der Waals surface area (Å²) in [5.41, 5.74) is 4.13. The predicted octanol–water partition coefficient (Wildman–Crippen LogP) is 3.92. The Labute approximate surface area is 115 Å². The van der Waals surface area contributed by atoms with Crippen LogP contribution in [0.25, 0.3) is 10.4 Å². The van der Waals surface area contributed by atoms with Crippen LogP contribution in [0.1, 0.15) is 23.6 Å². The minimum Gasteiger partial charge on any atom is -0.318 e. The molecule has 1 aromatic heterocycles. The molecule has 1 aliphatic rings. The van der Waals surface area contributed by atoms with E-state index < -0.39 is 0 Å². The fourth-order valence-corrected chi connectivity index (χ4v) is 3.98. The number of carbonyl (C=O) groups excluding carboxylic acids is 1. The van der Waals surface area contributed by atoms with Gasteiger partial charge in [-0.1, -0.05) is 12.1 Å². The first kappa shape index (κ1) is 12.4.